The molecule has 2 heterocycles. The Balaban J connectivity index is 1.64. The molecule has 0 radical (unpaired) electrons. The van der Waals surface area contributed by atoms with Gasteiger partial charge in [0.1, 0.15) is 11.4 Å². The molecule has 1 aliphatic rings. The number of nitrogens with zero attached hydrogens (tertiary/aromatic N) is 1. The van der Waals surface area contributed by atoms with Crippen molar-refractivity contribution in [1.82, 2.24) is 0 Å². The highest BCUT2D eigenvalue weighted by molar-refractivity contribution is 6.10. The van der Waals surface area contributed by atoms with Gasteiger partial charge in [0, 0.05) is 5.69 Å². The number of fused-ring (bicyclic) bond motifs is 2. The zero-order valence-electron chi connectivity index (χ0n) is 22.7. The van der Waals surface area contributed by atoms with E-state index in [9.17, 15) is 14.0 Å². The number of ether oxygens (including phenoxy) is 2. The highest BCUT2D eigenvalue weighted by Crippen LogP contribution is 2.43. The number of unbranched alkanes of at least 4 members (excludes halogenated alkanes) is 3. The van der Waals surface area contributed by atoms with E-state index in [1.807, 2.05) is 38.1 Å². The van der Waals surface area contributed by atoms with Crippen LogP contribution in [-0.2, 0) is 0 Å². The van der Waals surface area contributed by atoms with Crippen LogP contribution in [0.2, 0.25) is 0 Å². The van der Waals surface area contributed by atoms with Gasteiger partial charge in [-0.1, -0.05) is 38.3 Å². The molecule has 202 valence electrons. The fraction of sp³-hybridized carbons (Fsp3) is 0.312. The van der Waals surface area contributed by atoms with E-state index in [-0.39, 0.29) is 22.3 Å². The summed E-state index contributed by atoms with van der Waals surface area (Å²) in [5.74, 6) is 0.0610. The van der Waals surface area contributed by atoms with Gasteiger partial charge in [0.15, 0.2) is 16.9 Å². The molecule has 1 aromatic heterocycles. The Kier molecular flexibility index (Phi) is 7.42. The van der Waals surface area contributed by atoms with E-state index < -0.39 is 23.2 Å². The number of rotatable bonds is 9. The summed E-state index contributed by atoms with van der Waals surface area (Å²) in [6.45, 7) is 6.69. The highest BCUT2D eigenvalue weighted by Gasteiger charge is 2.44. The van der Waals surface area contributed by atoms with Gasteiger partial charge in [0.25, 0.3) is 5.91 Å². The molecule has 6 nitrogen and oxygen atoms in total. The number of aryl methyl sites for hydroxylation is 2. The molecule has 1 unspecified atom stereocenters. The number of carbonyl (C=O) groups is 1. The predicted molar refractivity (Wildman–Crippen MR) is 150 cm³/mol. The molecule has 4 aromatic rings. The number of hydrogen-bond acceptors (Lipinski definition) is 5. The lowest BCUT2D eigenvalue weighted by Gasteiger charge is -2.26. The molecule has 3 aromatic carbocycles. The number of halogens is 1. The standard InChI is InChI=1S/C32H32FNO5/c1-5-6-7-8-15-38-26-13-10-21(17-27(26)37-4)29-28-30(35)24-18-22(33)11-14-25(24)39-31(28)32(36)34(29)23-12-9-19(2)20(3)16-23/h9-14,16-18,29H,5-8,15H2,1-4H3. The van der Waals surface area contributed by atoms with Gasteiger partial charge in [-0.2, -0.15) is 0 Å². The molecule has 39 heavy (non-hydrogen) atoms. The summed E-state index contributed by atoms with van der Waals surface area (Å²) >= 11 is 0. The number of amides is 1. The van der Waals surface area contributed by atoms with E-state index in [0.29, 0.717) is 29.4 Å². The van der Waals surface area contributed by atoms with Gasteiger partial charge in [-0.15, -0.1) is 0 Å². The molecule has 0 fully saturated rings. The second-order valence-electron chi connectivity index (χ2n) is 9.98. The van der Waals surface area contributed by atoms with E-state index in [1.165, 1.54) is 12.1 Å². The highest BCUT2D eigenvalue weighted by atomic mass is 19.1. The molecule has 1 atom stereocenters. The van der Waals surface area contributed by atoms with Crippen LogP contribution in [0.4, 0.5) is 10.1 Å². The molecule has 5 rings (SSSR count). The molecule has 0 bridgehead atoms. The normalized spacial score (nSPS) is 14.6. The molecule has 0 saturated carbocycles. The average molecular weight is 530 g/mol. The van der Waals surface area contributed by atoms with Crippen LogP contribution in [0.15, 0.2) is 63.8 Å². The third-order valence-electron chi connectivity index (χ3n) is 7.36. The molecule has 0 saturated heterocycles. The van der Waals surface area contributed by atoms with Crippen LogP contribution >= 0.6 is 0 Å². The van der Waals surface area contributed by atoms with Crippen LogP contribution in [0, 0.1) is 19.7 Å². The summed E-state index contributed by atoms with van der Waals surface area (Å²) in [5.41, 5.74) is 3.27. The Morgan fingerprint density at radius 2 is 1.74 bits per heavy atom. The SMILES string of the molecule is CCCCCCOc1ccc(C2c3c(oc4ccc(F)cc4c3=O)C(=O)N2c2ccc(C)c(C)c2)cc1OC. The Labute approximate surface area is 227 Å². The van der Waals surface area contributed by atoms with Crippen LogP contribution in [0.1, 0.15) is 71.5 Å². The Morgan fingerprint density at radius 1 is 0.923 bits per heavy atom. The van der Waals surface area contributed by atoms with Crippen LogP contribution < -0.4 is 19.8 Å². The van der Waals surface area contributed by atoms with Crippen molar-refractivity contribution in [3.8, 4) is 11.5 Å². The third-order valence-corrected chi connectivity index (χ3v) is 7.36. The molecule has 1 amide bonds. The lowest BCUT2D eigenvalue weighted by atomic mass is 9.97. The van der Waals surface area contributed by atoms with Crippen molar-refractivity contribution in [3.05, 3.63) is 98.7 Å². The fourth-order valence-corrected chi connectivity index (χ4v) is 5.09. The minimum atomic E-state index is -0.800. The molecule has 1 aliphatic heterocycles. The lowest BCUT2D eigenvalue weighted by Crippen LogP contribution is -2.29. The third kappa shape index (κ3) is 4.89. The van der Waals surface area contributed by atoms with E-state index in [4.69, 9.17) is 13.9 Å². The van der Waals surface area contributed by atoms with Gasteiger partial charge >= 0.3 is 0 Å². The fourth-order valence-electron chi connectivity index (χ4n) is 5.09. The number of methoxy groups -OCH3 is 1. The van der Waals surface area contributed by atoms with E-state index in [1.54, 1.807) is 24.1 Å². The zero-order valence-corrected chi connectivity index (χ0v) is 22.7. The van der Waals surface area contributed by atoms with Crippen molar-refractivity contribution in [2.24, 2.45) is 0 Å². The van der Waals surface area contributed by atoms with Gasteiger partial charge in [-0.3, -0.25) is 14.5 Å². The number of anilines is 1. The van der Waals surface area contributed by atoms with Crippen LogP contribution in [0.5, 0.6) is 11.5 Å². The molecular formula is C32H32FNO5. The van der Waals surface area contributed by atoms with Gasteiger partial charge in [0.05, 0.1) is 30.7 Å². The lowest BCUT2D eigenvalue weighted by molar-refractivity contribution is 0.0971. The minimum absolute atomic E-state index is 0.0439. The summed E-state index contributed by atoms with van der Waals surface area (Å²) in [7, 11) is 1.56. The number of hydrogen-bond donors (Lipinski definition) is 0. The Bertz CT molecular complexity index is 1610. The van der Waals surface area contributed by atoms with Crippen molar-refractivity contribution in [2.75, 3.05) is 18.6 Å². The van der Waals surface area contributed by atoms with Gasteiger partial charge in [-0.25, -0.2) is 4.39 Å². The van der Waals surface area contributed by atoms with Crippen molar-refractivity contribution < 1.29 is 23.1 Å². The number of benzene rings is 3. The maximum absolute atomic E-state index is 14.1. The predicted octanol–water partition coefficient (Wildman–Crippen LogP) is 7.27. The van der Waals surface area contributed by atoms with E-state index >= 15 is 0 Å². The molecule has 7 heteroatoms. The van der Waals surface area contributed by atoms with Crippen LogP contribution in [0.3, 0.4) is 0 Å². The van der Waals surface area contributed by atoms with E-state index in [0.717, 1.165) is 42.9 Å². The molecule has 0 aliphatic carbocycles. The summed E-state index contributed by atoms with van der Waals surface area (Å²) in [4.78, 5) is 29.2. The first-order valence-corrected chi connectivity index (χ1v) is 13.3. The second kappa shape index (κ2) is 10.9. The van der Waals surface area contributed by atoms with Gasteiger partial charge in [0.2, 0.25) is 5.76 Å². The molecule has 0 spiro atoms. The van der Waals surface area contributed by atoms with E-state index in [2.05, 4.69) is 6.92 Å². The summed E-state index contributed by atoms with van der Waals surface area (Å²) < 4.78 is 31.7. The quantitative estimate of drug-likeness (QED) is 0.213. The van der Waals surface area contributed by atoms with Crippen molar-refractivity contribution in [3.63, 3.8) is 0 Å². The summed E-state index contributed by atoms with van der Waals surface area (Å²) in [6, 6.07) is 14.1. The number of carbonyl (C=O) groups excluding carboxylic acids is 1. The Hall–Kier alpha value is -4.13. The van der Waals surface area contributed by atoms with Crippen molar-refractivity contribution in [2.45, 2.75) is 52.5 Å². The summed E-state index contributed by atoms with van der Waals surface area (Å²) in [6.07, 6.45) is 4.33. The largest absolute Gasteiger partial charge is 0.493 e. The first kappa shape index (κ1) is 26.5. The molecular weight excluding hydrogens is 497 g/mol. The maximum atomic E-state index is 14.1. The first-order valence-electron chi connectivity index (χ1n) is 13.3. The maximum Gasteiger partial charge on any atom is 0.295 e. The minimum Gasteiger partial charge on any atom is -0.493 e. The van der Waals surface area contributed by atoms with Crippen LogP contribution in [-0.4, -0.2) is 19.6 Å². The topological polar surface area (TPSA) is 69.0 Å². The smallest absolute Gasteiger partial charge is 0.295 e. The van der Waals surface area contributed by atoms with Gasteiger partial charge < -0.3 is 13.9 Å². The van der Waals surface area contributed by atoms with Crippen molar-refractivity contribution in [1.29, 1.82) is 0 Å². The summed E-state index contributed by atoms with van der Waals surface area (Å²) in [5, 5.41) is 0.0903. The van der Waals surface area contributed by atoms with Crippen LogP contribution in [0.25, 0.3) is 11.0 Å². The first-order chi connectivity index (χ1) is 18.8. The molecule has 0 N–H and O–H groups in total. The zero-order chi connectivity index (χ0) is 27.7. The average Bonchev–Trinajstić information content (AvgIpc) is 3.23. The van der Waals surface area contributed by atoms with Crippen molar-refractivity contribution >= 4 is 22.6 Å². The van der Waals surface area contributed by atoms with Gasteiger partial charge in [-0.05, 0) is 79.4 Å². The Morgan fingerprint density at radius 3 is 2.49 bits per heavy atom. The second-order valence-corrected chi connectivity index (χ2v) is 9.98. The monoisotopic (exact) mass is 529 g/mol.